The molecule has 1 heterocycles. The lowest BCUT2D eigenvalue weighted by molar-refractivity contribution is -0.133. The molecule has 4 aromatic carbocycles. The summed E-state index contributed by atoms with van der Waals surface area (Å²) >= 11 is 2.19. The fraction of sp³-hybridized carbons (Fsp3) is 0.206. The summed E-state index contributed by atoms with van der Waals surface area (Å²) in [6.45, 7) is 2.64. The van der Waals surface area contributed by atoms with Gasteiger partial charge in [-0.2, -0.15) is 0 Å². The molecule has 7 heteroatoms. The van der Waals surface area contributed by atoms with Crippen LogP contribution in [-0.2, 0) is 17.9 Å². The summed E-state index contributed by atoms with van der Waals surface area (Å²) in [7, 11) is 1.71. The van der Waals surface area contributed by atoms with Crippen LogP contribution in [0.3, 0.4) is 0 Å². The summed E-state index contributed by atoms with van der Waals surface area (Å²) in [5, 5.41) is 0. The molecule has 1 aliphatic rings. The standard InChI is InChI=1S/C34H32IN3O3/c1-24-30(27-16-10-5-11-17-27)38(34(41)36(24)2)33(40)31(32(39)28-18-20-29(35)21-19-28)37(22-25-12-6-3-7-13-25)23-26-14-8-4-9-15-26/h3-21,24,30-31H,22-23H2,1-2H3/t24-,30-,31-/m0/s1. The number of urea groups is 1. The van der Waals surface area contributed by atoms with Gasteiger partial charge in [-0.1, -0.05) is 103 Å². The number of rotatable bonds is 9. The van der Waals surface area contributed by atoms with Gasteiger partial charge in [-0.05, 0) is 58.3 Å². The summed E-state index contributed by atoms with van der Waals surface area (Å²) < 4.78 is 0.988. The number of Topliss-reactive ketones (excluding diaryl/α,β-unsaturated/α-hetero) is 1. The number of hydrogen-bond acceptors (Lipinski definition) is 4. The second-order valence-corrected chi connectivity index (χ2v) is 11.6. The lowest BCUT2D eigenvalue weighted by Gasteiger charge is -2.34. The van der Waals surface area contributed by atoms with Crippen molar-refractivity contribution in [2.24, 2.45) is 0 Å². The average Bonchev–Trinajstić information content (AvgIpc) is 3.22. The van der Waals surface area contributed by atoms with Gasteiger partial charge in [0.1, 0.15) is 0 Å². The molecule has 0 unspecified atom stereocenters. The molecule has 0 aliphatic carbocycles. The minimum Gasteiger partial charge on any atom is -0.322 e. The minimum absolute atomic E-state index is 0.264. The molecule has 6 nitrogen and oxygen atoms in total. The molecule has 41 heavy (non-hydrogen) atoms. The van der Waals surface area contributed by atoms with E-state index in [9.17, 15) is 14.4 Å². The van der Waals surface area contributed by atoms with Crippen LogP contribution in [0.2, 0.25) is 0 Å². The van der Waals surface area contributed by atoms with Crippen LogP contribution in [0.4, 0.5) is 4.79 Å². The van der Waals surface area contributed by atoms with Crippen LogP contribution in [0.15, 0.2) is 115 Å². The maximum absolute atomic E-state index is 14.7. The largest absolute Gasteiger partial charge is 0.327 e. The van der Waals surface area contributed by atoms with E-state index in [0.717, 1.165) is 20.3 Å². The summed E-state index contributed by atoms with van der Waals surface area (Å²) in [6, 6.07) is 34.0. The summed E-state index contributed by atoms with van der Waals surface area (Å²) in [6.07, 6.45) is 0. The monoisotopic (exact) mass is 657 g/mol. The Kier molecular flexibility index (Phi) is 8.95. The third-order valence-corrected chi connectivity index (χ3v) is 8.38. The predicted octanol–water partition coefficient (Wildman–Crippen LogP) is 6.57. The van der Waals surface area contributed by atoms with Crippen molar-refractivity contribution in [2.45, 2.75) is 38.1 Å². The van der Waals surface area contributed by atoms with Gasteiger partial charge >= 0.3 is 6.03 Å². The number of carbonyl (C=O) groups is 3. The first-order valence-electron chi connectivity index (χ1n) is 13.6. The molecule has 1 aliphatic heterocycles. The Balaban J connectivity index is 1.62. The SMILES string of the molecule is C[C@H]1[C@@H](c2ccccc2)N(C(=O)[C@H](C(=O)c2ccc(I)cc2)N(Cc2ccccc2)Cc2ccccc2)C(=O)N1C. The predicted molar refractivity (Wildman–Crippen MR) is 168 cm³/mol. The van der Waals surface area contributed by atoms with Crippen molar-refractivity contribution in [1.29, 1.82) is 0 Å². The van der Waals surface area contributed by atoms with Crippen molar-refractivity contribution in [3.05, 3.63) is 141 Å². The fourth-order valence-electron chi connectivity index (χ4n) is 5.41. The first-order chi connectivity index (χ1) is 19.8. The Morgan fingerprint density at radius 3 is 1.78 bits per heavy atom. The van der Waals surface area contributed by atoms with Gasteiger partial charge in [0.05, 0.1) is 12.1 Å². The molecule has 1 saturated heterocycles. The Morgan fingerprint density at radius 1 is 0.780 bits per heavy atom. The Hall–Kier alpha value is -3.82. The zero-order valence-electron chi connectivity index (χ0n) is 23.1. The summed E-state index contributed by atoms with van der Waals surface area (Å²) in [5.41, 5.74) is 3.22. The zero-order chi connectivity index (χ0) is 28.9. The second kappa shape index (κ2) is 12.8. The number of halogens is 1. The molecule has 0 radical (unpaired) electrons. The number of benzene rings is 4. The van der Waals surface area contributed by atoms with Crippen LogP contribution in [0, 0.1) is 3.57 Å². The van der Waals surface area contributed by atoms with Gasteiger partial charge in [-0.15, -0.1) is 0 Å². The van der Waals surface area contributed by atoms with Crippen molar-refractivity contribution < 1.29 is 14.4 Å². The third kappa shape index (κ3) is 6.26. The summed E-state index contributed by atoms with van der Waals surface area (Å²) in [4.78, 5) is 47.6. The van der Waals surface area contributed by atoms with Crippen LogP contribution in [-0.4, -0.2) is 51.6 Å². The molecular weight excluding hydrogens is 625 g/mol. The molecule has 1 fully saturated rings. The average molecular weight is 658 g/mol. The highest BCUT2D eigenvalue weighted by atomic mass is 127. The number of amides is 3. The van der Waals surface area contributed by atoms with Gasteiger partial charge in [0, 0.05) is 29.3 Å². The number of likely N-dealkylation sites (N-methyl/N-ethyl adjacent to an activating group) is 1. The van der Waals surface area contributed by atoms with E-state index in [2.05, 4.69) is 22.6 Å². The number of nitrogens with zero attached hydrogens (tertiary/aromatic N) is 3. The number of imide groups is 1. The topological polar surface area (TPSA) is 60.9 Å². The van der Waals surface area contributed by atoms with E-state index in [0.29, 0.717) is 18.7 Å². The van der Waals surface area contributed by atoms with Crippen molar-refractivity contribution in [3.8, 4) is 0 Å². The Labute approximate surface area is 254 Å². The summed E-state index contributed by atoms with van der Waals surface area (Å²) in [5.74, 6) is -0.851. The second-order valence-electron chi connectivity index (χ2n) is 10.3. The lowest BCUT2D eigenvalue weighted by Crippen LogP contribution is -2.53. The molecule has 0 bridgehead atoms. The number of carbonyl (C=O) groups excluding carboxylic acids is 3. The van der Waals surface area contributed by atoms with Crippen LogP contribution in [0.25, 0.3) is 0 Å². The minimum atomic E-state index is -1.22. The van der Waals surface area contributed by atoms with Gasteiger partial charge in [0.25, 0.3) is 5.91 Å². The molecule has 0 N–H and O–H groups in total. The molecular formula is C34H32IN3O3. The third-order valence-electron chi connectivity index (χ3n) is 7.67. The van der Waals surface area contributed by atoms with E-state index in [1.807, 2.05) is 115 Å². The highest BCUT2D eigenvalue weighted by molar-refractivity contribution is 14.1. The van der Waals surface area contributed by atoms with Crippen molar-refractivity contribution >= 4 is 40.3 Å². The smallest absolute Gasteiger partial charge is 0.322 e. The van der Waals surface area contributed by atoms with Gasteiger partial charge in [0.2, 0.25) is 0 Å². The quantitative estimate of drug-likeness (QED) is 0.116. The van der Waals surface area contributed by atoms with Crippen LogP contribution >= 0.6 is 22.6 Å². The maximum atomic E-state index is 14.7. The van der Waals surface area contributed by atoms with Crippen LogP contribution in [0.5, 0.6) is 0 Å². The molecule has 0 saturated carbocycles. The van der Waals surface area contributed by atoms with Gasteiger partial charge in [-0.3, -0.25) is 19.4 Å². The zero-order valence-corrected chi connectivity index (χ0v) is 25.2. The molecule has 208 valence electrons. The molecule has 3 atom stereocenters. The molecule has 3 amide bonds. The first-order valence-corrected chi connectivity index (χ1v) is 14.7. The highest BCUT2D eigenvalue weighted by Crippen LogP contribution is 2.36. The molecule has 5 rings (SSSR count). The van der Waals surface area contributed by atoms with Gasteiger partial charge < -0.3 is 4.90 Å². The van der Waals surface area contributed by atoms with E-state index in [1.54, 1.807) is 24.1 Å². The fourth-order valence-corrected chi connectivity index (χ4v) is 5.77. The Bertz CT molecular complexity index is 1460. The van der Waals surface area contributed by atoms with Crippen molar-refractivity contribution in [1.82, 2.24) is 14.7 Å². The van der Waals surface area contributed by atoms with E-state index in [-0.39, 0.29) is 11.8 Å². The first kappa shape index (κ1) is 28.7. The molecule has 0 spiro atoms. The highest BCUT2D eigenvalue weighted by Gasteiger charge is 2.49. The van der Waals surface area contributed by atoms with Gasteiger partial charge in [0.15, 0.2) is 11.8 Å². The Morgan fingerprint density at radius 2 is 1.27 bits per heavy atom. The van der Waals surface area contributed by atoms with Crippen molar-refractivity contribution in [2.75, 3.05) is 7.05 Å². The number of ketones is 1. The van der Waals surface area contributed by atoms with E-state index in [4.69, 9.17) is 0 Å². The van der Waals surface area contributed by atoms with Crippen molar-refractivity contribution in [3.63, 3.8) is 0 Å². The lowest BCUT2D eigenvalue weighted by atomic mass is 9.96. The van der Waals surface area contributed by atoms with E-state index >= 15 is 0 Å². The molecule has 4 aromatic rings. The van der Waals surface area contributed by atoms with E-state index < -0.39 is 24.0 Å². The maximum Gasteiger partial charge on any atom is 0.327 e. The normalized spacial score (nSPS) is 17.6. The molecule has 0 aromatic heterocycles. The van der Waals surface area contributed by atoms with Crippen LogP contribution in [0.1, 0.15) is 40.0 Å². The van der Waals surface area contributed by atoms with E-state index in [1.165, 1.54) is 4.90 Å². The van der Waals surface area contributed by atoms with Gasteiger partial charge in [-0.25, -0.2) is 4.79 Å². The van der Waals surface area contributed by atoms with Crippen LogP contribution < -0.4 is 0 Å². The number of hydrogen-bond donors (Lipinski definition) is 0.